The van der Waals surface area contributed by atoms with Crippen LogP contribution >= 0.6 is 11.6 Å². The summed E-state index contributed by atoms with van der Waals surface area (Å²) in [5.41, 5.74) is 5.01. The third-order valence-corrected chi connectivity index (χ3v) is 5.30. The molecule has 1 N–H and O–H groups in total. The zero-order valence-corrected chi connectivity index (χ0v) is 16.7. The van der Waals surface area contributed by atoms with E-state index in [-0.39, 0.29) is 11.7 Å². The minimum atomic E-state index is -0.603. The van der Waals surface area contributed by atoms with Crippen molar-refractivity contribution in [2.45, 2.75) is 25.8 Å². The molecule has 3 aromatic rings. The van der Waals surface area contributed by atoms with Crippen LogP contribution in [0.4, 0.5) is 10.1 Å². The molecule has 1 heterocycles. The Kier molecular flexibility index (Phi) is 5.45. The second-order valence-corrected chi connectivity index (χ2v) is 7.49. The second-order valence-electron chi connectivity index (χ2n) is 7.05. The molecule has 0 spiro atoms. The normalized spacial score (nSPS) is 15.9. The van der Waals surface area contributed by atoms with Gasteiger partial charge in [0.15, 0.2) is 0 Å². The van der Waals surface area contributed by atoms with Gasteiger partial charge in [0.2, 0.25) is 5.91 Å². The van der Waals surface area contributed by atoms with Crippen molar-refractivity contribution in [1.82, 2.24) is 0 Å². The molecule has 1 aliphatic rings. The highest BCUT2D eigenvalue weighted by Crippen LogP contribution is 2.28. The Bertz CT molecular complexity index is 1080. The van der Waals surface area contributed by atoms with Crippen LogP contribution in [-0.4, -0.2) is 17.7 Å². The van der Waals surface area contributed by atoms with Crippen molar-refractivity contribution in [3.63, 3.8) is 0 Å². The van der Waals surface area contributed by atoms with Crippen LogP contribution in [0.25, 0.3) is 0 Å². The van der Waals surface area contributed by atoms with E-state index >= 15 is 0 Å². The number of amides is 1. The number of anilines is 1. The van der Waals surface area contributed by atoms with Crippen molar-refractivity contribution in [3.8, 4) is 0 Å². The lowest BCUT2D eigenvalue weighted by atomic mass is 10.00. The molecule has 1 atom stereocenters. The summed E-state index contributed by atoms with van der Waals surface area (Å²) in [5, 5.41) is 3.51. The maximum atomic E-state index is 13.5. The van der Waals surface area contributed by atoms with Gasteiger partial charge in [0.05, 0.1) is 11.4 Å². The summed E-state index contributed by atoms with van der Waals surface area (Å²) in [6.45, 7) is 2.11. The fourth-order valence-electron chi connectivity index (χ4n) is 3.43. The molecule has 4 rings (SSSR count). The summed E-state index contributed by atoms with van der Waals surface area (Å²) in [5.74, 6) is -0.499. The highest BCUT2D eigenvalue weighted by atomic mass is 35.5. The Morgan fingerprint density at radius 3 is 2.38 bits per heavy atom. The lowest BCUT2D eigenvalue weighted by molar-refractivity contribution is -0.117. The number of hydrogen-bond acceptors (Lipinski definition) is 2. The number of benzene rings is 3. The van der Waals surface area contributed by atoms with Crippen LogP contribution in [0.1, 0.15) is 29.2 Å². The molecule has 1 aliphatic heterocycles. The fraction of sp³-hybridized carbons (Fsp3) is 0.167. The number of benzodiazepines with no additional fused rings is 1. The van der Waals surface area contributed by atoms with Gasteiger partial charge in [0, 0.05) is 22.6 Å². The molecule has 0 aromatic heterocycles. The number of carbonyl (C=O) groups excluding carboxylic acids is 1. The van der Waals surface area contributed by atoms with Crippen LogP contribution in [-0.2, 0) is 17.6 Å². The maximum Gasteiger partial charge on any atom is 0.249 e. The number of hydrogen-bond donors (Lipinski definition) is 1. The standard InChI is InChI=1S/C24H20ClFN2O/c1-2-15-3-5-16(6-4-15)13-22-24(29)28-21-12-9-18(25)14-20(21)23(27-22)17-7-10-19(26)11-8-17/h3-12,14,22H,2,13H2,1H3,(H,28,29). The third kappa shape index (κ3) is 4.22. The van der Waals surface area contributed by atoms with E-state index in [1.807, 2.05) is 12.1 Å². The van der Waals surface area contributed by atoms with Crippen molar-refractivity contribution >= 4 is 28.9 Å². The Labute approximate surface area is 174 Å². The van der Waals surface area contributed by atoms with Crippen molar-refractivity contribution < 1.29 is 9.18 Å². The molecule has 3 aromatic carbocycles. The van der Waals surface area contributed by atoms with E-state index in [2.05, 4.69) is 24.4 Å². The topological polar surface area (TPSA) is 41.5 Å². The number of carbonyl (C=O) groups is 1. The Hall–Kier alpha value is -2.98. The van der Waals surface area contributed by atoms with Crippen LogP contribution < -0.4 is 5.32 Å². The first-order valence-electron chi connectivity index (χ1n) is 9.56. The summed E-state index contributed by atoms with van der Waals surface area (Å²) in [4.78, 5) is 17.7. The van der Waals surface area contributed by atoms with Crippen LogP contribution in [0, 0.1) is 5.82 Å². The molecule has 0 saturated carbocycles. The zero-order chi connectivity index (χ0) is 20.4. The van der Waals surface area contributed by atoms with Crippen molar-refractivity contribution in [2.24, 2.45) is 4.99 Å². The Balaban J connectivity index is 1.77. The molecular formula is C24H20ClFN2O. The smallest absolute Gasteiger partial charge is 0.249 e. The van der Waals surface area contributed by atoms with E-state index in [4.69, 9.17) is 16.6 Å². The average Bonchev–Trinajstić information content (AvgIpc) is 2.86. The van der Waals surface area contributed by atoms with E-state index in [1.54, 1.807) is 30.3 Å². The molecule has 0 radical (unpaired) electrons. The third-order valence-electron chi connectivity index (χ3n) is 5.06. The fourth-order valence-corrected chi connectivity index (χ4v) is 3.60. The highest BCUT2D eigenvalue weighted by Gasteiger charge is 2.26. The lowest BCUT2D eigenvalue weighted by Gasteiger charge is -2.12. The molecule has 0 aliphatic carbocycles. The van der Waals surface area contributed by atoms with E-state index in [9.17, 15) is 9.18 Å². The molecule has 0 saturated heterocycles. The molecule has 29 heavy (non-hydrogen) atoms. The molecule has 5 heteroatoms. The van der Waals surface area contributed by atoms with E-state index < -0.39 is 6.04 Å². The minimum Gasteiger partial charge on any atom is -0.324 e. The summed E-state index contributed by atoms with van der Waals surface area (Å²) in [6, 6.07) is 19.0. The molecule has 0 bridgehead atoms. The van der Waals surface area contributed by atoms with Crippen LogP contribution in [0.3, 0.4) is 0 Å². The van der Waals surface area contributed by atoms with E-state index in [1.165, 1.54) is 17.7 Å². The predicted octanol–water partition coefficient (Wildman–Crippen LogP) is 5.44. The van der Waals surface area contributed by atoms with Gasteiger partial charge in [-0.05, 0) is 60.0 Å². The number of halogens is 2. The number of nitrogens with zero attached hydrogens (tertiary/aromatic N) is 1. The number of aliphatic imine (C=N–C) groups is 1. The first-order valence-corrected chi connectivity index (χ1v) is 9.93. The van der Waals surface area contributed by atoms with Crippen molar-refractivity contribution in [2.75, 3.05) is 5.32 Å². The maximum absolute atomic E-state index is 13.5. The van der Waals surface area contributed by atoms with Crippen LogP contribution in [0.5, 0.6) is 0 Å². The first-order chi connectivity index (χ1) is 14.0. The monoisotopic (exact) mass is 406 g/mol. The van der Waals surface area contributed by atoms with Gasteiger partial charge in [-0.3, -0.25) is 9.79 Å². The zero-order valence-electron chi connectivity index (χ0n) is 16.0. The molecule has 1 amide bonds. The molecule has 0 fully saturated rings. The highest BCUT2D eigenvalue weighted by molar-refractivity contribution is 6.32. The molecule has 146 valence electrons. The quantitative estimate of drug-likeness (QED) is 0.615. The molecular weight excluding hydrogens is 387 g/mol. The van der Waals surface area contributed by atoms with Gasteiger partial charge < -0.3 is 5.32 Å². The van der Waals surface area contributed by atoms with Gasteiger partial charge in [-0.15, -0.1) is 0 Å². The van der Waals surface area contributed by atoms with Gasteiger partial charge >= 0.3 is 0 Å². The average molecular weight is 407 g/mol. The summed E-state index contributed by atoms with van der Waals surface area (Å²) in [7, 11) is 0. The first kappa shape index (κ1) is 19.3. The van der Waals surface area contributed by atoms with Gasteiger partial charge in [-0.2, -0.15) is 0 Å². The summed E-state index contributed by atoms with van der Waals surface area (Å²) < 4.78 is 13.5. The second kappa shape index (κ2) is 8.18. The largest absolute Gasteiger partial charge is 0.324 e. The number of rotatable bonds is 4. The number of nitrogens with one attached hydrogen (secondary N) is 1. The Morgan fingerprint density at radius 1 is 1.00 bits per heavy atom. The van der Waals surface area contributed by atoms with Gasteiger partial charge in [0.25, 0.3) is 0 Å². The van der Waals surface area contributed by atoms with Crippen molar-refractivity contribution in [3.05, 3.63) is 99.8 Å². The lowest BCUT2D eigenvalue weighted by Crippen LogP contribution is -2.27. The summed E-state index contributed by atoms with van der Waals surface area (Å²) in [6.07, 6.45) is 1.44. The van der Waals surface area contributed by atoms with Crippen LogP contribution in [0.2, 0.25) is 5.02 Å². The van der Waals surface area contributed by atoms with Crippen molar-refractivity contribution in [1.29, 1.82) is 0 Å². The predicted molar refractivity (Wildman–Crippen MR) is 115 cm³/mol. The molecule has 1 unspecified atom stereocenters. The number of aryl methyl sites for hydroxylation is 1. The minimum absolute atomic E-state index is 0.176. The van der Waals surface area contributed by atoms with Gasteiger partial charge in [-0.1, -0.05) is 42.8 Å². The number of fused-ring (bicyclic) bond motifs is 1. The van der Waals surface area contributed by atoms with E-state index in [0.717, 1.165) is 23.1 Å². The Morgan fingerprint density at radius 2 is 1.69 bits per heavy atom. The van der Waals surface area contributed by atoms with E-state index in [0.29, 0.717) is 22.8 Å². The molecule has 3 nitrogen and oxygen atoms in total. The van der Waals surface area contributed by atoms with Crippen LogP contribution in [0.15, 0.2) is 71.7 Å². The SMILES string of the molecule is CCc1ccc(CC2N=C(c3ccc(F)cc3)c3cc(Cl)ccc3NC2=O)cc1. The summed E-state index contributed by atoms with van der Waals surface area (Å²) >= 11 is 6.21. The van der Waals surface area contributed by atoms with Gasteiger partial charge in [0.1, 0.15) is 11.9 Å². The van der Waals surface area contributed by atoms with Gasteiger partial charge in [-0.25, -0.2) is 4.39 Å².